The number of allylic oxidation sites excluding steroid dienone is 5. The van der Waals surface area contributed by atoms with E-state index in [9.17, 15) is 5.11 Å². The SMILES string of the molecule is CC(C)=CC(O)CC(C)C1=CCC(C)C=C1. The van der Waals surface area contributed by atoms with E-state index in [0.717, 1.165) is 12.8 Å². The lowest BCUT2D eigenvalue weighted by molar-refractivity contribution is 0.197. The standard InChI is InChI=1S/C15H24O/c1-11(2)9-15(16)10-13(4)14-7-5-12(3)6-8-14/h5,7-9,12-13,15-16H,6,10H2,1-4H3. The van der Waals surface area contributed by atoms with E-state index in [4.69, 9.17) is 0 Å². The summed E-state index contributed by atoms with van der Waals surface area (Å²) in [4.78, 5) is 0. The summed E-state index contributed by atoms with van der Waals surface area (Å²) in [6.07, 6.45) is 10.4. The Hall–Kier alpha value is -0.820. The molecule has 0 amide bonds. The van der Waals surface area contributed by atoms with Gasteiger partial charge in [0.05, 0.1) is 6.10 Å². The number of hydrogen-bond acceptors (Lipinski definition) is 1. The Balaban J connectivity index is 2.50. The average molecular weight is 220 g/mol. The minimum absolute atomic E-state index is 0.311. The highest BCUT2D eigenvalue weighted by Crippen LogP contribution is 2.24. The summed E-state index contributed by atoms with van der Waals surface area (Å²) in [6, 6.07) is 0. The molecule has 3 unspecified atom stereocenters. The first kappa shape index (κ1) is 13.2. The summed E-state index contributed by atoms with van der Waals surface area (Å²) in [5, 5.41) is 9.84. The van der Waals surface area contributed by atoms with E-state index in [0.29, 0.717) is 11.8 Å². The molecule has 0 aliphatic heterocycles. The maximum atomic E-state index is 9.84. The molecule has 0 saturated carbocycles. The topological polar surface area (TPSA) is 20.2 Å². The first-order valence-corrected chi connectivity index (χ1v) is 6.20. The van der Waals surface area contributed by atoms with Crippen molar-refractivity contribution in [3.05, 3.63) is 35.5 Å². The number of aliphatic hydroxyl groups is 1. The molecule has 90 valence electrons. The van der Waals surface area contributed by atoms with Crippen molar-refractivity contribution in [2.45, 2.75) is 46.6 Å². The fourth-order valence-corrected chi connectivity index (χ4v) is 2.06. The van der Waals surface area contributed by atoms with E-state index < -0.39 is 0 Å². The van der Waals surface area contributed by atoms with E-state index in [1.165, 1.54) is 11.1 Å². The summed E-state index contributed by atoms with van der Waals surface area (Å²) in [5.74, 6) is 1.10. The lowest BCUT2D eigenvalue weighted by Gasteiger charge is -2.19. The van der Waals surface area contributed by atoms with Gasteiger partial charge in [-0.1, -0.05) is 43.7 Å². The van der Waals surface area contributed by atoms with Crippen molar-refractivity contribution < 1.29 is 5.11 Å². The van der Waals surface area contributed by atoms with Gasteiger partial charge in [-0.05, 0) is 44.1 Å². The van der Waals surface area contributed by atoms with E-state index >= 15 is 0 Å². The van der Waals surface area contributed by atoms with Crippen LogP contribution >= 0.6 is 0 Å². The fraction of sp³-hybridized carbons (Fsp3) is 0.600. The number of rotatable bonds is 4. The molecule has 0 radical (unpaired) electrons. The Morgan fingerprint density at radius 2 is 2.25 bits per heavy atom. The molecule has 16 heavy (non-hydrogen) atoms. The van der Waals surface area contributed by atoms with Crippen LogP contribution in [0.2, 0.25) is 0 Å². The van der Waals surface area contributed by atoms with Crippen LogP contribution in [0.1, 0.15) is 40.5 Å². The van der Waals surface area contributed by atoms with Crippen LogP contribution in [0.4, 0.5) is 0 Å². The largest absolute Gasteiger partial charge is 0.389 e. The van der Waals surface area contributed by atoms with Crippen molar-refractivity contribution in [2.24, 2.45) is 11.8 Å². The number of hydrogen-bond donors (Lipinski definition) is 1. The van der Waals surface area contributed by atoms with Gasteiger partial charge in [-0.2, -0.15) is 0 Å². The Labute approximate surface area is 99.6 Å². The van der Waals surface area contributed by atoms with Gasteiger partial charge in [0.1, 0.15) is 0 Å². The highest BCUT2D eigenvalue weighted by molar-refractivity contribution is 5.25. The lowest BCUT2D eigenvalue weighted by atomic mass is 9.88. The zero-order chi connectivity index (χ0) is 12.1. The molecular weight excluding hydrogens is 196 g/mol. The maximum Gasteiger partial charge on any atom is 0.0729 e. The molecule has 0 fully saturated rings. The third kappa shape index (κ3) is 4.36. The molecule has 1 N–H and O–H groups in total. The third-order valence-electron chi connectivity index (χ3n) is 3.03. The van der Waals surface area contributed by atoms with Gasteiger partial charge in [-0.25, -0.2) is 0 Å². The summed E-state index contributed by atoms with van der Waals surface area (Å²) in [6.45, 7) is 8.46. The molecule has 0 heterocycles. The summed E-state index contributed by atoms with van der Waals surface area (Å²) < 4.78 is 0. The Kier molecular flexibility index (Phi) is 5.01. The minimum atomic E-state index is -0.311. The van der Waals surface area contributed by atoms with E-state index in [1.54, 1.807) is 0 Å². The number of aliphatic hydroxyl groups excluding tert-OH is 1. The lowest BCUT2D eigenvalue weighted by Crippen LogP contribution is -2.12. The van der Waals surface area contributed by atoms with Gasteiger partial charge in [0.2, 0.25) is 0 Å². The maximum absolute atomic E-state index is 9.84. The van der Waals surface area contributed by atoms with Crippen LogP contribution in [-0.4, -0.2) is 11.2 Å². The van der Waals surface area contributed by atoms with Gasteiger partial charge >= 0.3 is 0 Å². The van der Waals surface area contributed by atoms with Crippen LogP contribution in [0.5, 0.6) is 0 Å². The predicted octanol–water partition coefficient (Wildman–Crippen LogP) is 3.86. The van der Waals surface area contributed by atoms with Crippen LogP contribution in [-0.2, 0) is 0 Å². The second-order valence-electron chi connectivity index (χ2n) is 5.22. The van der Waals surface area contributed by atoms with Crippen LogP contribution in [0.25, 0.3) is 0 Å². The zero-order valence-electron chi connectivity index (χ0n) is 10.9. The monoisotopic (exact) mass is 220 g/mol. The van der Waals surface area contributed by atoms with E-state index in [2.05, 4.69) is 32.1 Å². The Morgan fingerprint density at radius 1 is 1.56 bits per heavy atom. The molecule has 1 heteroatoms. The van der Waals surface area contributed by atoms with Crippen molar-refractivity contribution in [1.82, 2.24) is 0 Å². The third-order valence-corrected chi connectivity index (χ3v) is 3.03. The molecule has 0 aromatic rings. The molecule has 1 rings (SSSR count). The van der Waals surface area contributed by atoms with E-state index in [1.807, 2.05) is 19.9 Å². The van der Waals surface area contributed by atoms with E-state index in [-0.39, 0.29) is 6.10 Å². The van der Waals surface area contributed by atoms with Gasteiger partial charge in [0.25, 0.3) is 0 Å². The molecule has 1 aliphatic carbocycles. The zero-order valence-corrected chi connectivity index (χ0v) is 10.9. The van der Waals surface area contributed by atoms with Crippen LogP contribution in [0, 0.1) is 11.8 Å². The van der Waals surface area contributed by atoms with Crippen LogP contribution < -0.4 is 0 Å². The molecule has 1 nitrogen and oxygen atoms in total. The van der Waals surface area contributed by atoms with Gasteiger partial charge in [0, 0.05) is 0 Å². The average Bonchev–Trinajstić information content (AvgIpc) is 2.16. The molecule has 0 saturated heterocycles. The Bertz CT molecular complexity index is 305. The summed E-state index contributed by atoms with van der Waals surface area (Å²) in [5.41, 5.74) is 2.56. The van der Waals surface area contributed by atoms with Crippen molar-refractivity contribution in [1.29, 1.82) is 0 Å². The van der Waals surface area contributed by atoms with Crippen molar-refractivity contribution in [2.75, 3.05) is 0 Å². The second-order valence-corrected chi connectivity index (χ2v) is 5.22. The van der Waals surface area contributed by atoms with Gasteiger partial charge in [-0.15, -0.1) is 0 Å². The quantitative estimate of drug-likeness (QED) is 0.713. The summed E-state index contributed by atoms with van der Waals surface area (Å²) in [7, 11) is 0. The predicted molar refractivity (Wildman–Crippen MR) is 70.2 cm³/mol. The van der Waals surface area contributed by atoms with Crippen LogP contribution in [0.15, 0.2) is 35.5 Å². The normalized spacial score (nSPS) is 23.6. The first-order valence-electron chi connectivity index (χ1n) is 6.20. The molecule has 3 atom stereocenters. The molecule has 1 aliphatic rings. The molecule has 0 bridgehead atoms. The van der Waals surface area contributed by atoms with Gasteiger partial charge in [-0.3, -0.25) is 0 Å². The fourth-order valence-electron chi connectivity index (χ4n) is 2.06. The smallest absolute Gasteiger partial charge is 0.0729 e. The molecular formula is C15H24O. The highest BCUT2D eigenvalue weighted by atomic mass is 16.3. The molecule has 0 spiro atoms. The molecule has 0 aromatic heterocycles. The Morgan fingerprint density at radius 3 is 2.75 bits per heavy atom. The van der Waals surface area contributed by atoms with Crippen molar-refractivity contribution in [3.63, 3.8) is 0 Å². The second kappa shape index (κ2) is 6.05. The minimum Gasteiger partial charge on any atom is -0.389 e. The summed E-state index contributed by atoms with van der Waals surface area (Å²) >= 11 is 0. The van der Waals surface area contributed by atoms with Gasteiger partial charge < -0.3 is 5.11 Å². The van der Waals surface area contributed by atoms with Crippen molar-refractivity contribution in [3.8, 4) is 0 Å². The van der Waals surface area contributed by atoms with Crippen LogP contribution in [0.3, 0.4) is 0 Å². The highest BCUT2D eigenvalue weighted by Gasteiger charge is 2.13. The van der Waals surface area contributed by atoms with Crippen molar-refractivity contribution >= 4 is 0 Å². The molecule has 0 aromatic carbocycles. The first-order chi connectivity index (χ1) is 7.49. The van der Waals surface area contributed by atoms with Gasteiger partial charge in [0.15, 0.2) is 0 Å².